The molecule has 3 amide bonds. The average molecular weight is 286 g/mol. The first-order chi connectivity index (χ1) is 8.85. The van der Waals surface area contributed by atoms with Crippen molar-refractivity contribution in [1.82, 2.24) is 5.32 Å². The number of amides is 3. The summed E-state index contributed by atoms with van der Waals surface area (Å²) in [5.74, 6) is 0.0362. The summed E-state index contributed by atoms with van der Waals surface area (Å²) >= 11 is 5.97. The molecule has 6 nitrogen and oxygen atoms in total. The van der Waals surface area contributed by atoms with Crippen molar-refractivity contribution in [2.24, 2.45) is 5.73 Å². The largest absolute Gasteiger partial charge is 0.495 e. The number of hydrogen-bond donors (Lipinski definition) is 3. The number of nitrogens with one attached hydrogen (secondary N) is 2. The van der Waals surface area contributed by atoms with Crippen LogP contribution in [0.15, 0.2) is 12.1 Å². The lowest BCUT2D eigenvalue weighted by molar-refractivity contribution is -0.117. The van der Waals surface area contributed by atoms with E-state index < -0.39 is 18.0 Å². The van der Waals surface area contributed by atoms with Gasteiger partial charge in [0, 0.05) is 11.1 Å². The molecule has 0 aromatic heterocycles. The Bertz CT molecular complexity index is 505. The van der Waals surface area contributed by atoms with Crippen LogP contribution in [0.2, 0.25) is 5.02 Å². The summed E-state index contributed by atoms with van der Waals surface area (Å²) in [5, 5.41) is 5.47. The molecule has 0 aliphatic rings. The van der Waals surface area contributed by atoms with Gasteiger partial charge in [0.15, 0.2) is 0 Å². The van der Waals surface area contributed by atoms with Gasteiger partial charge < -0.3 is 21.1 Å². The molecule has 7 heteroatoms. The highest BCUT2D eigenvalue weighted by Gasteiger charge is 2.16. The summed E-state index contributed by atoms with van der Waals surface area (Å²) in [6, 6.07) is 1.79. The first-order valence-corrected chi connectivity index (χ1v) is 5.94. The number of rotatable bonds is 4. The van der Waals surface area contributed by atoms with Crippen molar-refractivity contribution in [1.29, 1.82) is 0 Å². The summed E-state index contributed by atoms with van der Waals surface area (Å²) < 4.78 is 5.13. The van der Waals surface area contributed by atoms with Gasteiger partial charge in [-0.25, -0.2) is 4.79 Å². The minimum absolute atomic E-state index is 0.404. The maximum absolute atomic E-state index is 11.8. The highest BCUT2D eigenvalue weighted by molar-refractivity contribution is 6.31. The third-order valence-corrected chi connectivity index (χ3v) is 2.90. The smallest absolute Gasteiger partial charge is 0.312 e. The molecule has 0 fully saturated rings. The first kappa shape index (κ1) is 15.1. The van der Waals surface area contributed by atoms with Gasteiger partial charge in [0.2, 0.25) is 5.91 Å². The molecule has 1 aromatic rings. The number of hydrogen-bond acceptors (Lipinski definition) is 3. The fourth-order valence-corrected chi connectivity index (χ4v) is 1.60. The number of carbonyl (C=O) groups is 2. The van der Waals surface area contributed by atoms with Crippen molar-refractivity contribution in [2.75, 3.05) is 12.4 Å². The number of urea groups is 1. The summed E-state index contributed by atoms with van der Waals surface area (Å²) in [5.41, 5.74) is 6.23. The number of benzene rings is 1. The maximum Gasteiger partial charge on any atom is 0.312 e. The number of carbonyl (C=O) groups excluding carboxylic acids is 2. The number of ether oxygens (including phenoxy) is 1. The predicted octanol–water partition coefficient (Wildman–Crippen LogP) is 1.65. The lowest BCUT2D eigenvalue weighted by Gasteiger charge is -2.15. The number of aryl methyl sites for hydroxylation is 1. The summed E-state index contributed by atoms with van der Waals surface area (Å²) in [4.78, 5) is 22.5. The van der Waals surface area contributed by atoms with Gasteiger partial charge >= 0.3 is 6.03 Å². The van der Waals surface area contributed by atoms with Crippen LogP contribution in [0.4, 0.5) is 10.5 Å². The number of nitrogens with two attached hydrogens (primary N) is 1. The molecule has 104 valence electrons. The van der Waals surface area contributed by atoms with Gasteiger partial charge in [-0.05, 0) is 25.5 Å². The van der Waals surface area contributed by atoms with E-state index in [1.807, 2.05) is 6.92 Å². The molecule has 1 rings (SSSR count). The maximum atomic E-state index is 11.8. The zero-order chi connectivity index (χ0) is 14.6. The fourth-order valence-electron chi connectivity index (χ4n) is 1.45. The molecule has 0 unspecified atom stereocenters. The fraction of sp³-hybridized carbons (Fsp3) is 0.333. The topological polar surface area (TPSA) is 93.4 Å². The molecule has 0 radical (unpaired) electrons. The molecular formula is C12H16ClN3O3. The molecular weight excluding hydrogens is 270 g/mol. The minimum Gasteiger partial charge on any atom is -0.495 e. The van der Waals surface area contributed by atoms with E-state index in [9.17, 15) is 9.59 Å². The lowest BCUT2D eigenvalue weighted by Crippen LogP contribution is -2.44. The normalized spacial score (nSPS) is 11.6. The van der Waals surface area contributed by atoms with Crippen molar-refractivity contribution < 1.29 is 14.3 Å². The Kier molecular flexibility index (Phi) is 5.00. The molecule has 0 saturated carbocycles. The highest BCUT2D eigenvalue weighted by atomic mass is 35.5. The van der Waals surface area contributed by atoms with E-state index in [0.717, 1.165) is 5.56 Å². The molecule has 0 aliphatic heterocycles. The second kappa shape index (κ2) is 6.29. The van der Waals surface area contributed by atoms with Crippen LogP contribution in [0.5, 0.6) is 5.75 Å². The quantitative estimate of drug-likeness (QED) is 0.785. The number of anilines is 1. The molecule has 0 aliphatic carbocycles. The van der Waals surface area contributed by atoms with E-state index in [2.05, 4.69) is 10.6 Å². The van der Waals surface area contributed by atoms with Gasteiger partial charge in [0.1, 0.15) is 11.8 Å². The van der Waals surface area contributed by atoms with E-state index in [-0.39, 0.29) is 0 Å². The van der Waals surface area contributed by atoms with Crippen molar-refractivity contribution in [2.45, 2.75) is 19.9 Å². The van der Waals surface area contributed by atoms with E-state index >= 15 is 0 Å². The van der Waals surface area contributed by atoms with Gasteiger partial charge in [0.05, 0.1) is 12.8 Å². The van der Waals surface area contributed by atoms with Crippen LogP contribution >= 0.6 is 11.6 Å². The Hall–Kier alpha value is -1.95. The highest BCUT2D eigenvalue weighted by Crippen LogP contribution is 2.30. The van der Waals surface area contributed by atoms with Crippen LogP contribution < -0.4 is 21.1 Å². The lowest BCUT2D eigenvalue weighted by atomic mass is 10.2. The van der Waals surface area contributed by atoms with Crippen LogP contribution in [-0.4, -0.2) is 25.1 Å². The zero-order valence-electron chi connectivity index (χ0n) is 10.9. The van der Waals surface area contributed by atoms with E-state index in [0.29, 0.717) is 16.5 Å². The number of methoxy groups -OCH3 is 1. The average Bonchev–Trinajstić information content (AvgIpc) is 2.32. The standard InChI is InChI=1S/C12H16ClN3O3/c1-6-4-9(10(19-3)5-8(6)13)16-11(17)7(2)15-12(14)18/h4-5,7H,1-3H3,(H,16,17)(H3,14,15,18)/t7-/m0/s1. The van der Waals surface area contributed by atoms with Gasteiger partial charge in [-0.1, -0.05) is 11.6 Å². The zero-order valence-corrected chi connectivity index (χ0v) is 11.7. The second-order valence-electron chi connectivity index (χ2n) is 4.02. The Morgan fingerprint density at radius 3 is 2.58 bits per heavy atom. The number of primary amides is 1. The number of halogens is 1. The monoisotopic (exact) mass is 285 g/mol. The Morgan fingerprint density at radius 2 is 2.05 bits per heavy atom. The third kappa shape index (κ3) is 4.03. The van der Waals surface area contributed by atoms with Crippen LogP contribution in [0, 0.1) is 6.92 Å². The summed E-state index contributed by atoms with van der Waals surface area (Å²) in [6.07, 6.45) is 0. The van der Waals surface area contributed by atoms with Gasteiger partial charge in [0.25, 0.3) is 0 Å². The van der Waals surface area contributed by atoms with Crippen LogP contribution in [0.3, 0.4) is 0 Å². The van der Waals surface area contributed by atoms with Crippen LogP contribution in [0.1, 0.15) is 12.5 Å². The van der Waals surface area contributed by atoms with Crippen LogP contribution in [-0.2, 0) is 4.79 Å². The van der Waals surface area contributed by atoms with Crippen molar-refractivity contribution >= 4 is 29.2 Å². The van der Waals surface area contributed by atoms with Gasteiger partial charge in [-0.3, -0.25) is 4.79 Å². The minimum atomic E-state index is -0.762. The molecule has 0 bridgehead atoms. The second-order valence-corrected chi connectivity index (χ2v) is 4.43. The molecule has 1 aromatic carbocycles. The van der Waals surface area contributed by atoms with E-state index in [1.165, 1.54) is 14.0 Å². The van der Waals surface area contributed by atoms with Crippen molar-refractivity contribution in [3.63, 3.8) is 0 Å². The van der Waals surface area contributed by atoms with E-state index in [4.69, 9.17) is 22.1 Å². The summed E-state index contributed by atoms with van der Waals surface area (Å²) in [6.45, 7) is 3.33. The Morgan fingerprint density at radius 1 is 1.42 bits per heavy atom. The SMILES string of the molecule is COc1cc(Cl)c(C)cc1NC(=O)[C@H](C)NC(N)=O. The molecule has 0 heterocycles. The predicted molar refractivity (Wildman–Crippen MR) is 73.6 cm³/mol. The molecule has 0 saturated heterocycles. The van der Waals surface area contributed by atoms with Crippen LogP contribution in [0.25, 0.3) is 0 Å². The van der Waals surface area contributed by atoms with Crippen molar-refractivity contribution in [3.05, 3.63) is 22.7 Å². The molecule has 4 N–H and O–H groups in total. The summed E-state index contributed by atoms with van der Waals surface area (Å²) in [7, 11) is 1.47. The van der Waals surface area contributed by atoms with Crippen molar-refractivity contribution in [3.8, 4) is 5.75 Å². The Labute approximate surface area is 116 Å². The Balaban J connectivity index is 2.90. The van der Waals surface area contributed by atoms with Gasteiger partial charge in [-0.15, -0.1) is 0 Å². The third-order valence-electron chi connectivity index (χ3n) is 2.49. The van der Waals surface area contributed by atoms with E-state index in [1.54, 1.807) is 12.1 Å². The first-order valence-electron chi connectivity index (χ1n) is 5.56. The van der Waals surface area contributed by atoms with Gasteiger partial charge in [-0.2, -0.15) is 0 Å². The molecule has 0 spiro atoms. The molecule has 19 heavy (non-hydrogen) atoms. The molecule has 1 atom stereocenters.